The molecular weight excluding hydrogens is 388 g/mol. The maximum absolute atomic E-state index is 12.7. The molecule has 0 radical (unpaired) electrons. The third-order valence-electron chi connectivity index (χ3n) is 4.76. The van der Waals surface area contributed by atoms with Crippen molar-refractivity contribution in [3.05, 3.63) is 59.7 Å². The van der Waals surface area contributed by atoms with Gasteiger partial charge in [-0.3, -0.25) is 9.59 Å². The molecule has 2 amide bonds. The maximum atomic E-state index is 12.7. The highest BCUT2D eigenvalue weighted by molar-refractivity contribution is 8.00. The van der Waals surface area contributed by atoms with Crippen LogP contribution in [0.15, 0.2) is 53.4 Å². The van der Waals surface area contributed by atoms with Crippen LogP contribution in [0.1, 0.15) is 22.8 Å². The quantitative estimate of drug-likeness (QED) is 0.539. The van der Waals surface area contributed by atoms with Crippen molar-refractivity contribution in [2.24, 2.45) is 0 Å². The SMILES string of the molecule is CC1Cc2ccccc2N1C(=O)COC(=O)c1ccccc1SCC(=O)N(C)C. The van der Waals surface area contributed by atoms with Gasteiger partial charge in [-0.1, -0.05) is 30.3 Å². The minimum atomic E-state index is -0.570. The third-order valence-corrected chi connectivity index (χ3v) is 5.82. The Labute approximate surface area is 174 Å². The number of hydrogen-bond donors (Lipinski definition) is 0. The van der Waals surface area contributed by atoms with Crippen molar-refractivity contribution in [3.63, 3.8) is 0 Å². The zero-order valence-electron chi connectivity index (χ0n) is 16.8. The highest BCUT2D eigenvalue weighted by atomic mass is 32.2. The largest absolute Gasteiger partial charge is 0.452 e. The number of thioether (sulfide) groups is 1. The van der Waals surface area contributed by atoms with Gasteiger partial charge in [0.1, 0.15) is 0 Å². The molecule has 1 unspecified atom stereocenters. The van der Waals surface area contributed by atoms with Gasteiger partial charge in [0.2, 0.25) is 5.91 Å². The molecule has 1 heterocycles. The van der Waals surface area contributed by atoms with Crippen molar-refractivity contribution in [1.82, 2.24) is 4.90 Å². The minimum absolute atomic E-state index is 0.0264. The fourth-order valence-corrected chi connectivity index (χ4v) is 4.27. The second-order valence-electron chi connectivity index (χ2n) is 7.09. The number of benzene rings is 2. The smallest absolute Gasteiger partial charge is 0.339 e. The van der Waals surface area contributed by atoms with Crippen LogP contribution in [0.3, 0.4) is 0 Å². The monoisotopic (exact) mass is 412 g/mol. The summed E-state index contributed by atoms with van der Waals surface area (Å²) in [6.07, 6.45) is 0.787. The fourth-order valence-electron chi connectivity index (χ4n) is 3.25. The summed E-state index contributed by atoms with van der Waals surface area (Å²) in [6.45, 7) is 1.65. The Bertz CT molecular complexity index is 929. The van der Waals surface area contributed by atoms with Crippen LogP contribution in [-0.4, -0.2) is 55.2 Å². The standard InChI is InChI=1S/C22H24N2O4S/c1-15-12-16-8-4-6-10-18(16)24(15)20(25)13-28-22(27)17-9-5-7-11-19(17)29-14-21(26)23(2)3/h4-11,15H,12-14H2,1-3H3. The lowest BCUT2D eigenvalue weighted by atomic mass is 10.1. The van der Waals surface area contributed by atoms with E-state index in [1.807, 2.05) is 31.2 Å². The van der Waals surface area contributed by atoms with E-state index in [0.29, 0.717) is 10.5 Å². The number of fused-ring (bicyclic) bond motifs is 1. The van der Waals surface area contributed by atoms with Gasteiger partial charge in [-0.2, -0.15) is 0 Å². The first-order chi connectivity index (χ1) is 13.9. The lowest BCUT2D eigenvalue weighted by Crippen LogP contribution is -2.38. The zero-order chi connectivity index (χ0) is 21.0. The van der Waals surface area contributed by atoms with Gasteiger partial charge in [0, 0.05) is 30.7 Å². The lowest BCUT2D eigenvalue weighted by Gasteiger charge is -2.22. The summed E-state index contributed by atoms with van der Waals surface area (Å²) in [7, 11) is 3.37. The molecule has 29 heavy (non-hydrogen) atoms. The van der Waals surface area contributed by atoms with E-state index in [0.717, 1.165) is 17.7 Å². The topological polar surface area (TPSA) is 66.9 Å². The molecule has 3 rings (SSSR count). The van der Waals surface area contributed by atoms with Crippen molar-refractivity contribution >= 4 is 35.2 Å². The number of ether oxygens (including phenoxy) is 1. The molecule has 6 nitrogen and oxygen atoms in total. The fraction of sp³-hybridized carbons (Fsp3) is 0.318. The van der Waals surface area contributed by atoms with E-state index in [4.69, 9.17) is 4.74 Å². The first-order valence-corrected chi connectivity index (χ1v) is 10.4. The van der Waals surface area contributed by atoms with Crippen molar-refractivity contribution in [2.75, 3.05) is 31.4 Å². The molecule has 7 heteroatoms. The molecular formula is C22H24N2O4S. The van der Waals surface area contributed by atoms with E-state index < -0.39 is 5.97 Å². The molecule has 0 aliphatic carbocycles. The van der Waals surface area contributed by atoms with Crippen LogP contribution in [-0.2, 0) is 20.7 Å². The lowest BCUT2D eigenvalue weighted by molar-refractivity contribution is -0.126. The van der Waals surface area contributed by atoms with Crippen LogP contribution in [0.4, 0.5) is 5.69 Å². The summed E-state index contributed by atoms with van der Waals surface area (Å²) in [4.78, 5) is 41.0. The zero-order valence-corrected chi connectivity index (χ0v) is 17.6. The molecule has 2 aromatic rings. The third kappa shape index (κ3) is 4.79. The van der Waals surface area contributed by atoms with Gasteiger partial charge in [0.15, 0.2) is 6.61 Å². The van der Waals surface area contributed by atoms with Gasteiger partial charge >= 0.3 is 5.97 Å². The Balaban J connectivity index is 1.64. The number of hydrogen-bond acceptors (Lipinski definition) is 5. The number of nitrogens with zero attached hydrogens (tertiary/aromatic N) is 2. The van der Waals surface area contributed by atoms with Crippen LogP contribution < -0.4 is 4.90 Å². The van der Waals surface area contributed by atoms with Crippen LogP contribution in [0.2, 0.25) is 0 Å². The molecule has 0 spiro atoms. The number of amides is 2. The molecule has 1 atom stereocenters. The molecule has 0 saturated heterocycles. The average Bonchev–Trinajstić information content (AvgIpc) is 3.05. The Morgan fingerprint density at radius 1 is 1.10 bits per heavy atom. The predicted molar refractivity (Wildman–Crippen MR) is 113 cm³/mol. The van der Waals surface area contributed by atoms with Crippen LogP contribution in [0, 0.1) is 0 Å². The van der Waals surface area contributed by atoms with Gasteiger partial charge in [-0.05, 0) is 37.1 Å². The molecule has 0 aromatic heterocycles. The molecule has 2 aromatic carbocycles. The Morgan fingerprint density at radius 2 is 1.79 bits per heavy atom. The van der Waals surface area contributed by atoms with Crippen molar-refractivity contribution < 1.29 is 19.1 Å². The van der Waals surface area contributed by atoms with Crippen molar-refractivity contribution in [1.29, 1.82) is 0 Å². The number of para-hydroxylation sites is 1. The van der Waals surface area contributed by atoms with Gasteiger partial charge in [0.05, 0.1) is 11.3 Å². The number of anilines is 1. The van der Waals surface area contributed by atoms with E-state index in [-0.39, 0.29) is 30.2 Å². The van der Waals surface area contributed by atoms with Gasteiger partial charge < -0.3 is 14.5 Å². The van der Waals surface area contributed by atoms with E-state index >= 15 is 0 Å². The molecule has 1 aliphatic heterocycles. The minimum Gasteiger partial charge on any atom is -0.452 e. The van der Waals surface area contributed by atoms with Crippen molar-refractivity contribution in [3.8, 4) is 0 Å². The summed E-state index contributed by atoms with van der Waals surface area (Å²) in [5.41, 5.74) is 2.35. The molecule has 0 N–H and O–H groups in total. The van der Waals surface area contributed by atoms with Crippen LogP contribution >= 0.6 is 11.8 Å². The molecule has 0 saturated carbocycles. The average molecular weight is 413 g/mol. The second kappa shape index (κ2) is 9.13. The highest BCUT2D eigenvalue weighted by Gasteiger charge is 2.31. The number of rotatable bonds is 6. The summed E-state index contributed by atoms with van der Waals surface area (Å²) >= 11 is 1.28. The van der Waals surface area contributed by atoms with Crippen LogP contribution in [0.5, 0.6) is 0 Å². The molecule has 1 aliphatic rings. The highest BCUT2D eigenvalue weighted by Crippen LogP contribution is 2.32. The Hall–Kier alpha value is -2.80. The van der Waals surface area contributed by atoms with E-state index in [2.05, 4.69) is 0 Å². The Kier molecular flexibility index (Phi) is 6.59. The van der Waals surface area contributed by atoms with Gasteiger partial charge in [-0.15, -0.1) is 11.8 Å². The van der Waals surface area contributed by atoms with Crippen molar-refractivity contribution in [2.45, 2.75) is 24.3 Å². The van der Waals surface area contributed by atoms with Gasteiger partial charge in [0.25, 0.3) is 5.91 Å². The first-order valence-electron chi connectivity index (χ1n) is 9.37. The summed E-state index contributed by atoms with van der Waals surface area (Å²) in [5.74, 6) is -0.643. The first kappa shape index (κ1) is 20.9. The van der Waals surface area contributed by atoms with E-state index in [9.17, 15) is 14.4 Å². The van der Waals surface area contributed by atoms with Crippen LogP contribution in [0.25, 0.3) is 0 Å². The molecule has 152 valence electrons. The summed E-state index contributed by atoms with van der Waals surface area (Å²) in [6, 6.07) is 14.7. The summed E-state index contributed by atoms with van der Waals surface area (Å²) < 4.78 is 5.32. The molecule has 0 fully saturated rings. The predicted octanol–water partition coefficient (Wildman–Crippen LogP) is 3.00. The number of carbonyl (C=O) groups is 3. The normalized spacial score (nSPS) is 15.0. The van der Waals surface area contributed by atoms with Gasteiger partial charge in [-0.25, -0.2) is 4.79 Å². The number of carbonyl (C=O) groups excluding carboxylic acids is 3. The Morgan fingerprint density at radius 3 is 2.55 bits per heavy atom. The summed E-state index contributed by atoms with van der Waals surface area (Å²) in [5, 5.41) is 0. The van der Waals surface area contributed by atoms with E-state index in [1.54, 1.807) is 43.3 Å². The maximum Gasteiger partial charge on any atom is 0.339 e. The van der Waals surface area contributed by atoms with E-state index in [1.165, 1.54) is 16.7 Å². The second-order valence-corrected chi connectivity index (χ2v) is 8.11. The number of esters is 1. The molecule has 0 bridgehead atoms.